The molecule has 102 valence electrons. The smallest absolute Gasteiger partial charge is 0.321 e. The van der Waals surface area contributed by atoms with Crippen LogP contribution in [0.3, 0.4) is 0 Å². The minimum Gasteiger partial charge on any atom is -0.333 e. The van der Waals surface area contributed by atoms with Crippen LogP contribution < -0.4 is 10.6 Å². The Bertz CT molecular complexity index is 642. The molecule has 0 unspecified atom stereocenters. The van der Waals surface area contributed by atoms with E-state index in [0.717, 1.165) is 4.88 Å². The quantitative estimate of drug-likeness (QED) is 0.837. The lowest BCUT2D eigenvalue weighted by atomic mass is 10.5. The SMILES string of the molecule is N#Cc1ncn(CC(=O)NC(=O)NCc2cccs2)n1. The number of amides is 3. The Morgan fingerprint density at radius 3 is 3.00 bits per heavy atom. The summed E-state index contributed by atoms with van der Waals surface area (Å²) >= 11 is 1.51. The second-order valence-corrected chi connectivity index (χ2v) is 4.72. The molecule has 0 atom stereocenters. The third kappa shape index (κ3) is 3.89. The lowest BCUT2D eigenvalue weighted by molar-refractivity contribution is -0.120. The number of rotatable bonds is 4. The lowest BCUT2D eigenvalue weighted by Gasteiger charge is -2.05. The van der Waals surface area contributed by atoms with Crippen molar-refractivity contribution >= 4 is 23.3 Å². The first kappa shape index (κ1) is 13.7. The molecule has 0 aliphatic rings. The van der Waals surface area contributed by atoms with Gasteiger partial charge in [0.05, 0.1) is 6.54 Å². The molecule has 3 amide bonds. The molecule has 0 saturated heterocycles. The summed E-state index contributed by atoms with van der Waals surface area (Å²) in [5.41, 5.74) is 0. The van der Waals surface area contributed by atoms with Crippen LogP contribution in [0.15, 0.2) is 23.8 Å². The van der Waals surface area contributed by atoms with Gasteiger partial charge < -0.3 is 5.32 Å². The first-order chi connectivity index (χ1) is 9.67. The Morgan fingerprint density at radius 1 is 1.50 bits per heavy atom. The first-order valence-electron chi connectivity index (χ1n) is 5.57. The minimum absolute atomic E-state index is 0.0278. The fraction of sp³-hybridized carbons (Fsp3) is 0.182. The summed E-state index contributed by atoms with van der Waals surface area (Å²) in [6.45, 7) is 0.180. The van der Waals surface area contributed by atoms with E-state index in [-0.39, 0.29) is 12.4 Å². The van der Waals surface area contributed by atoms with E-state index < -0.39 is 11.9 Å². The zero-order valence-electron chi connectivity index (χ0n) is 10.2. The Balaban J connectivity index is 1.76. The number of carbonyl (C=O) groups excluding carboxylic acids is 2. The van der Waals surface area contributed by atoms with Gasteiger partial charge in [-0.2, -0.15) is 5.26 Å². The number of nitriles is 1. The standard InChI is InChI=1S/C11H10N6O2S/c12-4-9-14-7-17(16-9)6-10(18)15-11(19)13-5-8-2-1-3-20-8/h1-3,7H,5-6H2,(H2,13,15,18,19). The van der Waals surface area contributed by atoms with Gasteiger partial charge in [-0.05, 0) is 11.4 Å². The third-order valence-corrected chi connectivity index (χ3v) is 3.07. The number of thiophene rings is 1. The molecule has 0 aliphatic carbocycles. The van der Waals surface area contributed by atoms with Gasteiger partial charge in [-0.3, -0.25) is 10.1 Å². The van der Waals surface area contributed by atoms with Gasteiger partial charge in [-0.15, -0.1) is 16.4 Å². The number of imide groups is 1. The molecule has 2 N–H and O–H groups in total. The highest BCUT2D eigenvalue weighted by Crippen LogP contribution is 2.06. The number of nitrogens with zero attached hydrogens (tertiary/aromatic N) is 4. The van der Waals surface area contributed by atoms with Crippen LogP contribution in [0.4, 0.5) is 4.79 Å². The highest BCUT2D eigenvalue weighted by molar-refractivity contribution is 7.09. The maximum absolute atomic E-state index is 11.5. The fourth-order valence-electron chi connectivity index (χ4n) is 1.36. The predicted octanol–water partition coefficient (Wildman–Crippen LogP) is 0.237. The molecule has 9 heteroatoms. The van der Waals surface area contributed by atoms with E-state index in [4.69, 9.17) is 5.26 Å². The van der Waals surface area contributed by atoms with Crippen molar-refractivity contribution in [3.05, 3.63) is 34.5 Å². The van der Waals surface area contributed by atoms with Crippen LogP contribution in [0.25, 0.3) is 0 Å². The van der Waals surface area contributed by atoms with Gasteiger partial charge in [0, 0.05) is 4.88 Å². The Hall–Kier alpha value is -2.73. The summed E-state index contributed by atoms with van der Waals surface area (Å²) in [4.78, 5) is 27.6. The number of hydrogen-bond acceptors (Lipinski definition) is 6. The molecule has 2 aromatic rings. The van der Waals surface area contributed by atoms with Crippen molar-refractivity contribution in [2.75, 3.05) is 0 Å². The van der Waals surface area contributed by atoms with Crippen molar-refractivity contribution in [1.82, 2.24) is 25.4 Å². The molecule has 0 aromatic carbocycles. The van der Waals surface area contributed by atoms with Crippen molar-refractivity contribution in [2.24, 2.45) is 0 Å². The summed E-state index contributed by atoms with van der Waals surface area (Å²) in [5.74, 6) is -0.567. The van der Waals surface area contributed by atoms with Crippen molar-refractivity contribution in [2.45, 2.75) is 13.1 Å². The molecule has 0 aliphatic heterocycles. The van der Waals surface area contributed by atoms with Gasteiger partial charge in [-0.1, -0.05) is 6.07 Å². The zero-order chi connectivity index (χ0) is 14.4. The topological polar surface area (TPSA) is 113 Å². The molecule has 0 saturated carbocycles. The second kappa shape index (κ2) is 6.44. The van der Waals surface area contributed by atoms with Crippen LogP contribution in [-0.4, -0.2) is 26.7 Å². The molecule has 2 aromatic heterocycles. The van der Waals surface area contributed by atoms with Crippen LogP contribution in [0.5, 0.6) is 0 Å². The second-order valence-electron chi connectivity index (χ2n) is 3.69. The summed E-state index contributed by atoms with van der Waals surface area (Å²) in [7, 11) is 0. The Labute approximate surface area is 118 Å². The maximum Gasteiger partial charge on any atom is 0.321 e. The monoisotopic (exact) mass is 290 g/mol. The molecular weight excluding hydrogens is 280 g/mol. The number of carbonyl (C=O) groups is 2. The average molecular weight is 290 g/mol. The van der Waals surface area contributed by atoms with E-state index in [1.807, 2.05) is 17.5 Å². The Kier molecular flexibility index (Phi) is 4.41. The van der Waals surface area contributed by atoms with Gasteiger partial charge in [0.15, 0.2) is 0 Å². The minimum atomic E-state index is -0.580. The van der Waals surface area contributed by atoms with Crippen LogP contribution in [0, 0.1) is 11.3 Å². The van der Waals surface area contributed by atoms with Gasteiger partial charge in [-0.25, -0.2) is 14.5 Å². The molecule has 0 radical (unpaired) electrons. The zero-order valence-corrected chi connectivity index (χ0v) is 11.1. The summed E-state index contributed by atoms with van der Waals surface area (Å²) < 4.78 is 1.18. The van der Waals surface area contributed by atoms with Crippen LogP contribution in [-0.2, 0) is 17.9 Å². The fourth-order valence-corrected chi connectivity index (χ4v) is 2.00. The third-order valence-electron chi connectivity index (χ3n) is 2.20. The highest BCUT2D eigenvalue weighted by atomic mass is 32.1. The van der Waals surface area contributed by atoms with E-state index in [2.05, 4.69) is 20.7 Å². The largest absolute Gasteiger partial charge is 0.333 e. The van der Waals surface area contributed by atoms with Crippen LogP contribution in [0.2, 0.25) is 0 Å². The summed E-state index contributed by atoms with van der Waals surface area (Å²) in [6.07, 6.45) is 1.25. The number of nitrogens with one attached hydrogen (secondary N) is 2. The molecular formula is C11H10N6O2S. The molecule has 2 rings (SSSR count). The molecule has 8 nitrogen and oxygen atoms in total. The van der Waals surface area contributed by atoms with E-state index in [0.29, 0.717) is 6.54 Å². The first-order valence-corrected chi connectivity index (χ1v) is 6.45. The van der Waals surface area contributed by atoms with Gasteiger partial charge in [0.25, 0.3) is 5.82 Å². The summed E-state index contributed by atoms with van der Waals surface area (Å²) in [5, 5.41) is 18.9. The maximum atomic E-state index is 11.5. The van der Waals surface area contributed by atoms with Crippen molar-refractivity contribution in [1.29, 1.82) is 5.26 Å². The van der Waals surface area contributed by atoms with Crippen molar-refractivity contribution in [3.63, 3.8) is 0 Å². The van der Waals surface area contributed by atoms with Gasteiger partial charge in [0.2, 0.25) is 5.91 Å². The normalized spacial score (nSPS) is 9.75. The summed E-state index contributed by atoms with van der Waals surface area (Å²) in [6, 6.07) is 4.92. The van der Waals surface area contributed by atoms with Crippen molar-refractivity contribution < 1.29 is 9.59 Å². The Morgan fingerprint density at radius 2 is 2.35 bits per heavy atom. The molecule has 0 bridgehead atoms. The van der Waals surface area contributed by atoms with Gasteiger partial charge >= 0.3 is 6.03 Å². The predicted molar refractivity (Wildman–Crippen MR) is 69.4 cm³/mol. The van der Waals surface area contributed by atoms with E-state index in [9.17, 15) is 9.59 Å². The van der Waals surface area contributed by atoms with E-state index >= 15 is 0 Å². The van der Waals surface area contributed by atoms with Crippen molar-refractivity contribution in [3.8, 4) is 6.07 Å². The van der Waals surface area contributed by atoms with Crippen LogP contribution >= 0.6 is 11.3 Å². The van der Waals surface area contributed by atoms with Crippen LogP contribution in [0.1, 0.15) is 10.7 Å². The lowest BCUT2D eigenvalue weighted by Crippen LogP contribution is -2.40. The highest BCUT2D eigenvalue weighted by Gasteiger charge is 2.09. The number of aromatic nitrogens is 3. The number of hydrogen-bond donors (Lipinski definition) is 2. The number of urea groups is 1. The molecule has 2 heterocycles. The van der Waals surface area contributed by atoms with Gasteiger partial charge in [0.1, 0.15) is 18.9 Å². The molecule has 0 spiro atoms. The van der Waals surface area contributed by atoms with E-state index in [1.165, 1.54) is 22.3 Å². The molecule has 20 heavy (non-hydrogen) atoms. The molecule has 0 fully saturated rings. The van der Waals surface area contributed by atoms with E-state index in [1.54, 1.807) is 6.07 Å². The average Bonchev–Trinajstić information content (AvgIpc) is 3.06.